The Morgan fingerprint density at radius 3 is 2.33 bits per heavy atom. The molecule has 0 radical (unpaired) electrons. The second-order valence-electron chi connectivity index (χ2n) is 3.23. The fraction of sp³-hybridized carbons (Fsp3) is 0.300. The normalized spacial score (nSPS) is 12.5. The van der Waals surface area contributed by atoms with E-state index in [0.717, 1.165) is 17.3 Å². The van der Waals surface area contributed by atoms with Crippen molar-refractivity contribution in [2.45, 2.75) is 18.7 Å². The molecule has 2 N–H and O–H groups in total. The average Bonchev–Trinajstić information content (AvgIpc) is 2.16. The predicted octanol–water partition coefficient (Wildman–Crippen LogP) is 3.34. The van der Waals surface area contributed by atoms with E-state index in [1.54, 1.807) is 12.1 Å². The Morgan fingerprint density at radius 2 is 1.87 bits per heavy atom. The first-order chi connectivity index (χ1) is 6.92. The van der Waals surface area contributed by atoms with Gasteiger partial charge < -0.3 is 0 Å². The van der Waals surface area contributed by atoms with Gasteiger partial charge in [-0.1, -0.05) is 29.5 Å². The number of rotatable bonds is 3. The van der Waals surface area contributed by atoms with Crippen molar-refractivity contribution in [3.05, 3.63) is 29.8 Å². The predicted molar refractivity (Wildman–Crippen MR) is 65.4 cm³/mol. The molecule has 5 heteroatoms. The largest absolute Gasteiger partial charge is 0.294 e. The average molecular weight is 246 g/mol. The third-order valence-corrected chi connectivity index (χ3v) is 5.04. The molecule has 3 nitrogen and oxygen atoms in total. The lowest BCUT2D eigenvalue weighted by Gasteiger charge is -2.31. The van der Waals surface area contributed by atoms with Crippen molar-refractivity contribution in [1.82, 2.24) is 0 Å². The fourth-order valence-electron chi connectivity index (χ4n) is 0.989. The maximum absolute atomic E-state index is 10.7. The molecular weight excluding hydrogens is 232 g/mol. The zero-order valence-electron chi connectivity index (χ0n) is 8.64. The summed E-state index contributed by atoms with van der Waals surface area (Å²) in [5.74, 6) is 0. The molecule has 0 spiro atoms. The molecule has 0 unspecified atom stereocenters. The van der Waals surface area contributed by atoms with E-state index in [1.807, 2.05) is 19.1 Å². The highest BCUT2D eigenvalue weighted by Gasteiger charge is 2.16. The van der Waals surface area contributed by atoms with E-state index in [-0.39, 0.29) is 10.2 Å². The van der Waals surface area contributed by atoms with Crippen molar-refractivity contribution in [3.63, 3.8) is 0 Å². The number of carbonyl (C=O) groups excluding carboxylic acids is 1. The lowest BCUT2D eigenvalue weighted by atomic mass is 10.2. The second-order valence-corrected chi connectivity index (χ2v) is 6.84. The zero-order valence-corrected chi connectivity index (χ0v) is 10.3. The molecule has 0 amide bonds. The van der Waals surface area contributed by atoms with Crippen LogP contribution in [-0.4, -0.2) is 19.3 Å². The van der Waals surface area contributed by atoms with Crippen LogP contribution in [0.1, 0.15) is 12.5 Å². The van der Waals surface area contributed by atoms with E-state index in [4.69, 9.17) is 0 Å². The Hall–Kier alpha value is -0.490. The summed E-state index contributed by atoms with van der Waals surface area (Å²) in [5.41, 5.74) is 1.06. The summed E-state index contributed by atoms with van der Waals surface area (Å²) >= 11 is 0.935. The first-order valence-electron chi connectivity index (χ1n) is 4.38. The minimum absolute atomic E-state index is 0.0331. The molecule has 0 saturated carbocycles. The molecule has 1 aromatic rings. The highest BCUT2D eigenvalue weighted by Crippen LogP contribution is 2.50. The minimum Gasteiger partial charge on any atom is -0.294 e. The Labute approximate surface area is 95.2 Å². The van der Waals surface area contributed by atoms with Gasteiger partial charge in [0.05, 0.1) is 9.98 Å². The van der Waals surface area contributed by atoms with Gasteiger partial charge in [-0.15, -0.1) is 0 Å². The SMILES string of the molecule is CC(=O)SCS(O)(O)c1ccc(C)cc1. The number of thioether (sulfide) groups is 1. The van der Waals surface area contributed by atoms with Crippen molar-refractivity contribution in [2.75, 3.05) is 5.08 Å². The van der Waals surface area contributed by atoms with Crippen molar-refractivity contribution in [1.29, 1.82) is 0 Å². The molecule has 0 aromatic heterocycles. The molecule has 0 heterocycles. The molecule has 0 aliphatic carbocycles. The van der Waals surface area contributed by atoms with Gasteiger partial charge in [0.1, 0.15) is 0 Å². The maximum Gasteiger partial charge on any atom is 0.187 e. The molecule has 0 fully saturated rings. The summed E-state index contributed by atoms with van der Waals surface area (Å²) in [4.78, 5) is 11.2. The molecule has 0 aliphatic heterocycles. The third kappa shape index (κ3) is 3.87. The van der Waals surface area contributed by atoms with E-state index in [2.05, 4.69) is 0 Å². The minimum atomic E-state index is -2.83. The highest BCUT2D eigenvalue weighted by molar-refractivity contribution is 8.35. The number of aryl methyl sites for hydroxylation is 1. The van der Waals surface area contributed by atoms with Crippen LogP contribution in [0.3, 0.4) is 0 Å². The third-order valence-electron chi connectivity index (χ3n) is 1.82. The van der Waals surface area contributed by atoms with Gasteiger partial charge in [0.15, 0.2) is 5.12 Å². The van der Waals surface area contributed by atoms with Crippen LogP contribution in [0.15, 0.2) is 29.2 Å². The van der Waals surface area contributed by atoms with Crippen LogP contribution in [0, 0.1) is 6.92 Å². The van der Waals surface area contributed by atoms with Gasteiger partial charge in [-0.05, 0) is 19.1 Å². The zero-order chi connectivity index (χ0) is 11.5. The molecular formula is C10H14O3S2. The van der Waals surface area contributed by atoms with E-state index in [0.29, 0.717) is 4.90 Å². The lowest BCUT2D eigenvalue weighted by molar-refractivity contribution is -0.109. The standard InChI is InChI=1S/C10H14O3S2/c1-8-3-5-10(6-4-8)15(12,13)7-14-9(2)11/h3-6,12-13H,7H2,1-2H3. The molecule has 0 atom stereocenters. The summed E-state index contributed by atoms with van der Waals surface area (Å²) < 4.78 is 19.6. The number of hydrogen-bond donors (Lipinski definition) is 2. The van der Waals surface area contributed by atoms with Crippen LogP contribution in [0.2, 0.25) is 0 Å². The summed E-state index contributed by atoms with van der Waals surface area (Å²) in [7, 11) is -2.83. The van der Waals surface area contributed by atoms with Crippen molar-refractivity contribution in [3.8, 4) is 0 Å². The van der Waals surface area contributed by atoms with Gasteiger partial charge in [-0.3, -0.25) is 13.9 Å². The van der Waals surface area contributed by atoms with Gasteiger partial charge >= 0.3 is 0 Å². The van der Waals surface area contributed by atoms with E-state index in [1.165, 1.54) is 6.92 Å². The lowest BCUT2D eigenvalue weighted by Crippen LogP contribution is -2.02. The summed E-state index contributed by atoms with van der Waals surface area (Å²) in [6, 6.07) is 7.01. The number of hydrogen-bond acceptors (Lipinski definition) is 4. The summed E-state index contributed by atoms with van der Waals surface area (Å²) in [6.45, 7) is 3.34. The number of benzene rings is 1. The Kier molecular flexibility index (Phi) is 4.21. The maximum atomic E-state index is 10.7. The van der Waals surface area contributed by atoms with Gasteiger partial charge in [0.25, 0.3) is 0 Å². The topological polar surface area (TPSA) is 57.5 Å². The van der Waals surface area contributed by atoms with Crippen LogP contribution in [0.5, 0.6) is 0 Å². The van der Waals surface area contributed by atoms with Crippen LogP contribution in [0.4, 0.5) is 0 Å². The smallest absolute Gasteiger partial charge is 0.187 e. The van der Waals surface area contributed by atoms with Crippen LogP contribution in [0.25, 0.3) is 0 Å². The summed E-state index contributed by atoms with van der Waals surface area (Å²) in [6.07, 6.45) is 0. The molecule has 0 aliphatic rings. The molecule has 0 bridgehead atoms. The van der Waals surface area contributed by atoms with E-state index >= 15 is 0 Å². The molecule has 1 aromatic carbocycles. The van der Waals surface area contributed by atoms with Gasteiger partial charge in [0, 0.05) is 6.92 Å². The first-order valence-corrected chi connectivity index (χ1v) is 7.08. The second kappa shape index (κ2) is 5.03. The van der Waals surface area contributed by atoms with Crippen LogP contribution >= 0.6 is 22.4 Å². The highest BCUT2D eigenvalue weighted by atomic mass is 32.3. The monoisotopic (exact) mass is 246 g/mol. The van der Waals surface area contributed by atoms with Crippen molar-refractivity contribution in [2.24, 2.45) is 0 Å². The van der Waals surface area contributed by atoms with Crippen molar-refractivity contribution < 1.29 is 13.9 Å². The van der Waals surface area contributed by atoms with Crippen LogP contribution < -0.4 is 0 Å². The van der Waals surface area contributed by atoms with E-state index < -0.39 is 10.6 Å². The molecule has 0 saturated heterocycles. The van der Waals surface area contributed by atoms with Gasteiger partial charge in [-0.2, -0.15) is 10.6 Å². The Balaban J connectivity index is 2.76. The molecule has 1 rings (SSSR count). The molecule has 15 heavy (non-hydrogen) atoms. The fourth-order valence-corrected chi connectivity index (χ4v) is 3.43. The van der Waals surface area contributed by atoms with Crippen molar-refractivity contribution >= 4 is 27.5 Å². The Bertz CT molecular complexity index is 346. The molecule has 84 valence electrons. The van der Waals surface area contributed by atoms with Gasteiger partial charge in [-0.25, -0.2) is 0 Å². The van der Waals surface area contributed by atoms with Gasteiger partial charge in [0.2, 0.25) is 0 Å². The summed E-state index contributed by atoms with van der Waals surface area (Å²) in [5, 5.41) is -0.0760. The number of carbonyl (C=O) groups is 1. The van der Waals surface area contributed by atoms with Crippen LogP contribution in [-0.2, 0) is 4.79 Å². The quantitative estimate of drug-likeness (QED) is 0.858. The van der Waals surface area contributed by atoms with E-state index in [9.17, 15) is 13.9 Å². The first kappa shape index (κ1) is 12.6. The Morgan fingerprint density at radius 1 is 1.33 bits per heavy atom.